The number of hydrogen-bond acceptors (Lipinski definition) is 4. The van der Waals surface area contributed by atoms with Crippen LogP contribution in [0.25, 0.3) is 11.0 Å². The Balaban J connectivity index is 2.24. The van der Waals surface area contributed by atoms with E-state index >= 15 is 0 Å². The largest absolute Gasteiger partial charge is 0.352 e. The fourth-order valence-corrected chi connectivity index (χ4v) is 1.69. The van der Waals surface area contributed by atoms with E-state index in [0.717, 1.165) is 6.42 Å². The molecule has 0 saturated heterocycles. The molecule has 2 heterocycles. The zero-order valence-corrected chi connectivity index (χ0v) is 11.0. The number of fused-ring (bicyclic) bond motifs is 1. The molecule has 0 fully saturated rings. The molecular formula is C13H16N4O2. The predicted octanol–water partition coefficient (Wildman–Crippen LogP) is 0.706. The van der Waals surface area contributed by atoms with Gasteiger partial charge >= 0.3 is 0 Å². The summed E-state index contributed by atoms with van der Waals surface area (Å²) < 4.78 is 1.29. The third-order valence-electron chi connectivity index (χ3n) is 2.93. The minimum atomic E-state index is -0.252. The molecule has 2 aromatic heterocycles. The maximum Gasteiger partial charge on any atom is 0.263 e. The van der Waals surface area contributed by atoms with Gasteiger partial charge in [-0.2, -0.15) is 0 Å². The van der Waals surface area contributed by atoms with Crippen molar-refractivity contribution in [3.05, 3.63) is 35.0 Å². The molecule has 0 bridgehead atoms. The summed E-state index contributed by atoms with van der Waals surface area (Å²) in [5.74, 6) is -0.193. The lowest BCUT2D eigenvalue weighted by Crippen LogP contribution is -2.37. The molecule has 2 rings (SSSR count). The van der Waals surface area contributed by atoms with Crippen LogP contribution in [0.5, 0.6) is 0 Å². The van der Waals surface area contributed by atoms with Crippen LogP contribution in [0.4, 0.5) is 0 Å². The molecule has 0 aromatic carbocycles. The second kappa shape index (κ2) is 5.60. The third-order valence-corrected chi connectivity index (χ3v) is 2.93. The summed E-state index contributed by atoms with van der Waals surface area (Å²) in [6, 6.07) is 3.42. The van der Waals surface area contributed by atoms with Crippen LogP contribution in [0.15, 0.2) is 29.5 Å². The SMILES string of the molecule is CC[C@H](C)NC(=O)Cn1cnc2ncccc2c1=O. The Morgan fingerprint density at radius 3 is 3.00 bits per heavy atom. The van der Waals surface area contributed by atoms with Gasteiger partial charge in [-0.3, -0.25) is 14.2 Å². The number of carbonyl (C=O) groups excluding carboxylic acids is 1. The lowest BCUT2D eigenvalue weighted by molar-refractivity contribution is -0.122. The number of rotatable bonds is 4. The highest BCUT2D eigenvalue weighted by Crippen LogP contribution is 2.00. The Labute approximate surface area is 110 Å². The first kappa shape index (κ1) is 13.2. The van der Waals surface area contributed by atoms with Gasteiger partial charge in [0.1, 0.15) is 12.9 Å². The summed E-state index contributed by atoms with van der Waals surface area (Å²) in [5, 5.41) is 3.23. The molecule has 0 aliphatic carbocycles. The van der Waals surface area contributed by atoms with Crippen LogP contribution < -0.4 is 10.9 Å². The molecule has 0 spiro atoms. The minimum absolute atomic E-state index is 0.0268. The topological polar surface area (TPSA) is 76.9 Å². The van der Waals surface area contributed by atoms with E-state index in [1.165, 1.54) is 10.9 Å². The number of amides is 1. The van der Waals surface area contributed by atoms with Crippen LogP contribution in [-0.2, 0) is 11.3 Å². The van der Waals surface area contributed by atoms with Gasteiger partial charge in [-0.1, -0.05) is 6.92 Å². The van der Waals surface area contributed by atoms with Crippen molar-refractivity contribution in [1.82, 2.24) is 19.9 Å². The smallest absolute Gasteiger partial charge is 0.263 e. The first-order chi connectivity index (χ1) is 9.11. The molecule has 0 unspecified atom stereocenters. The van der Waals surface area contributed by atoms with Gasteiger partial charge in [0.05, 0.1) is 5.39 Å². The summed E-state index contributed by atoms with van der Waals surface area (Å²) in [7, 11) is 0. The Bertz CT molecular complexity index is 650. The van der Waals surface area contributed by atoms with Crippen molar-refractivity contribution in [2.75, 3.05) is 0 Å². The van der Waals surface area contributed by atoms with Gasteiger partial charge in [0, 0.05) is 12.2 Å². The van der Waals surface area contributed by atoms with Crippen LogP contribution in [0.1, 0.15) is 20.3 Å². The summed E-state index contributed by atoms with van der Waals surface area (Å²) in [5.41, 5.74) is 0.142. The van der Waals surface area contributed by atoms with E-state index in [0.29, 0.717) is 11.0 Å². The molecule has 1 atom stereocenters. The van der Waals surface area contributed by atoms with Crippen LogP contribution in [0, 0.1) is 0 Å². The minimum Gasteiger partial charge on any atom is -0.352 e. The highest BCUT2D eigenvalue weighted by atomic mass is 16.2. The van der Waals surface area contributed by atoms with Crippen molar-refractivity contribution in [3.8, 4) is 0 Å². The maximum absolute atomic E-state index is 12.1. The molecule has 1 N–H and O–H groups in total. The van der Waals surface area contributed by atoms with Gasteiger partial charge in [0.25, 0.3) is 5.56 Å². The zero-order chi connectivity index (χ0) is 13.8. The first-order valence-electron chi connectivity index (χ1n) is 6.21. The van der Waals surface area contributed by atoms with Crippen molar-refractivity contribution in [3.63, 3.8) is 0 Å². The molecule has 6 heteroatoms. The Morgan fingerprint density at radius 2 is 2.26 bits per heavy atom. The van der Waals surface area contributed by atoms with E-state index in [1.807, 2.05) is 13.8 Å². The quantitative estimate of drug-likeness (QED) is 0.878. The van der Waals surface area contributed by atoms with Crippen molar-refractivity contribution in [2.45, 2.75) is 32.9 Å². The van der Waals surface area contributed by atoms with Gasteiger partial charge in [0.15, 0.2) is 5.65 Å². The van der Waals surface area contributed by atoms with E-state index in [4.69, 9.17) is 0 Å². The molecule has 2 aromatic rings. The van der Waals surface area contributed by atoms with Crippen LogP contribution in [-0.4, -0.2) is 26.5 Å². The second-order valence-electron chi connectivity index (χ2n) is 4.43. The molecule has 100 valence electrons. The van der Waals surface area contributed by atoms with E-state index < -0.39 is 0 Å². The number of aromatic nitrogens is 3. The van der Waals surface area contributed by atoms with E-state index in [2.05, 4.69) is 15.3 Å². The van der Waals surface area contributed by atoms with Crippen molar-refractivity contribution < 1.29 is 4.79 Å². The molecular weight excluding hydrogens is 244 g/mol. The fourth-order valence-electron chi connectivity index (χ4n) is 1.69. The number of pyridine rings is 1. The third kappa shape index (κ3) is 2.96. The van der Waals surface area contributed by atoms with Gasteiger partial charge in [-0.05, 0) is 25.5 Å². The van der Waals surface area contributed by atoms with Crippen molar-refractivity contribution in [2.24, 2.45) is 0 Å². The lowest BCUT2D eigenvalue weighted by atomic mass is 10.2. The van der Waals surface area contributed by atoms with Crippen LogP contribution in [0.3, 0.4) is 0 Å². The summed E-state index contributed by atoms with van der Waals surface area (Å²) >= 11 is 0. The number of carbonyl (C=O) groups is 1. The zero-order valence-electron chi connectivity index (χ0n) is 11.0. The van der Waals surface area contributed by atoms with E-state index in [9.17, 15) is 9.59 Å². The highest BCUT2D eigenvalue weighted by Gasteiger charge is 2.09. The molecule has 19 heavy (non-hydrogen) atoms. The van der Waals surface area contributed by atoms with Gasteiger partial charge in [-0.15, -0.1) is 0 Å². The first-order valence-corrected chi connectivity index (χ1v) is 6.21. The Kier molecular flexibility index (Phi) is 3.89. The number of nitrogens with zero attached hydrogens (tertiary/aromatic N) is 3. The van der Waals surface area contributed by atoms with Gasteiger partial charge in [-0.25, -0.2) is 9.97 Å². The van der Waals surface area contributed by atoms with Gasteiger partial charge in [0.2, 0.25) is 5.91 Å². The standard InChI is InChI=1S/C13H16N4O2/c1-3-9(2)16-11(18)7-17-8-15-12-10(13(17)19)5-4-6-14-12/h4-6,8-9H,3,7H2,1-2H3,(H,16,18)/t9-/m0/s1. The van der Waals surface area contributed by atoms with E-state index in [-0.39, 0.29) is 24.1 Å². The normalized spacial score (nSPS) is 12.3. The predicted molar refractivity (Wildman–Crippen MR) is 71.7 cm³/mol. The monoisotopic (exact) mass is 260 g/mol. The average Bonchev–Trinajstić information content (AvgIpc) is 2.42. The van der Waals surface area contributed by atoms with Crippen molar-refractivity contribution in [1.29, 1.82) is 0 Å². The fraction of sp³-hybridized carbons (Fsp3) is 0.385. The molecule has 1 amide bonds. The molecule has 0 saturated carbocycles. The van der Waals surface area contributed by atoms with Crippen LogP contribution >= 0.6 is 0 Å². The second-order valence-corrected chi connectivity index (χ2v) is 4.43. The molecule has 0 aliphatic heterocycles. The summed E-state index contributed by atoms with van der Waals surface area (Å²) in [6.45, 7) is 3.88. The number of hydrogen-bond donors (Lipinski definition) is 1. The molecule has 0 aliphatic rings. The number of nitrogens with one attached hydrogen (secondary N) is 1. The average molecular weight is 260 g/mol. The summed E-state index contributed by atoms with van der Waals surface area (Å²) in [6.07, 6.45) is 3.78. The lowest BCUT2D eigenvalue weighted by Gasteiger charge is -2.12. The summed E-state index contributed by atoms with van der Waals surface area (Å²) in [4.78, 5) is 31.9. The van der Waals surface area contributed by atoms with E-state index in [1.54, 1.807) is 18.3 Å². The Morgan fingerprint density at radius 1 is 1.47 bits per heavy atom. The van der Waals surface area contributed by atoms with Crippen molar-refractivity contribution >= 4 is 16.9 Å². The maximum atomic E-state index is 12.1. The highest BCUT2D eigenvalue weighted by molar-refractivity contribution is 5.77. The molecule has 6 nitrogen and oxygen atoms in total. The Hall–Kier alpha value is -2.24. The van der Waals surface area contributed by atoms with Gasteiger partial charge < -0.3 is 5.32 Å². The van der Waals surface area contributed by atoms with Crippen LogP contribution in [0.2, 0.25) is 0 Å². The molecule has 0 radical (unpaired) electrons.